The van der Waals surface area contributed by atoms with Crippen LogP contribution in [0.1, 0.15) is 6.42 Å². The van der Waals surface area contributed by atoms with Crippen LogP contribution in [0.3, 0.4) is 0 Å². The summed E-state index contributed by atoms with van der Waals surface area (Å²) in [5, 5.41) is 38.9. The van der Waals surface area contributed by atoms with Crippen LogP contribution in [0.5, 0.6) is 0 Å². The minimum absolute atomic E-state index is 0. The second-order valence-corrected chi connectivity index (χ2v) is 3.81. The maximum atomic E-state index is 10.8. The molecule has 0 amide bonds. The number of hydrogen-bond acceptors (Lipinski definition) is 6. The van der Waals surface area contributed by atoms with Gasteiger partial charge in [0.15, 0.2) is 0 Å². The van der Waals surface area contributed by atoms with Gasteiger partial charge in [0, 0.05) is 23.8 Å². The molecule has 1 saturated carbocycles. The fraction of sp³-hybridized carbons (Fsp3) is 0.556. The molecule has 0 bridgehead atoms. The van der Waals surface area contributed by atoms with Gasteiger partial charge < -0.3 is 30.0 Å². The SMILES string of the molecule is O=C([O-])C1CC(C(=O)O)C(C(=O)O)C1C(=O)[O-].[K+].[K+]. The monoisotopic (exact) mass is 322 g/mol. The van der Waals surface area contributed by atoms with Crippen LogP contribution in [-0.2, 0) is 19.2 Å². The fourth-order valence-corrected chi connectivity index (χ4v) is 2.20. The number of carboxylic acid groups (broad SMARTS) is 4. The quantitative estimate of drug-likeness (QED) is 0.483. The first-order chi connectivity index (χ1) is 7.77. The van der Waals surface area contributed by atoms with Crippen LogP contribution in [0.4, 0.5) is 0 Å². The van der Waals surface area contributed by atoms with E-state index in [1.54, 1.807) is 0 Å². The van der Waals surface area contributed by atoms with Crippen molar-refractivity contribution in [3.05, 3.63) is 0 Å². The molecular weight excluding hydrogens is 314 g/mol. The van der Waals surface area contributed by atoms with Crippen LogP contribution in [0.15, 0.2) is 0 Å². The molecule has 1 rings (SSSR count). The van der Waals surface area contributed by atoms with Crippen molar-refractivity contribution in [3.8, 4) is 0 Å². The van der Waals surface area contributed by atoms with E-state index in [1.165, 1.54) is 0 Å². The van der Waals surface area contributed by atoms with E-state index < -0.39 is 54.0 Å². The molecule has 4 unspecified atom stereocenters. The summed E-state index contributed by atoms with van der Waals surface area (Å²) < 4.78 is 0. The van der Waals surface area contributed by atoms with Crippen molar-refractivity contribution >= 4 is 23.9 Å². The molecule has 0 spiro atoms. The summed E-state index contributed by atoms with van der Waals surface area (Å²) in [5.74, 6) is -13.8. The Bertz CT molecular complexity index is 360. The van der Waals surface area contributed by atoms with Crippen molar-refractivity contribution in [2.75, 3.05) is 0 Å². The molecule has 0 radical (unpaired) electrons. The third-order valence-corrected chi connectivity index (χ3v) is 2.94. The summed E-state index contributed by atoms with van der Waals surface area (Å²) in [6, 6.07) is 0. The predicted molar refractivity (Wildman–Crippen MR) is 43.9 cm³/mol. The van der Waals surface area contributed by atoms with E-state index in [0.29, 0.717) is 0 Å². The third-order valence-electron chi connectivity index (χ3n) is 2.94. The first kappa shape index (κ1) is 22.4. The van der Waals surface area contributed by atoms with Crippen molar-refractivity contribution in [3.63, 3.8) is 0 Å². The third kappa shape index (κ3) is 5.13. The molecule has 94 valence electrons. The number of carbonyl (C=O) groups excluding carboxylic acids is 2. The number of hydrogen-bond donors (Lipinski definition) is 2. The van der Waals surface area contributed by atoms with Gasteiger partial charge in [-0.2, -0.15) is 0 Å². The van der Waals surface area contributed by atoms with E-state index in [-0.39, 0.29) is 103 Å². The number of rotatable bonds is 4. The number of aliphatic carboxylic acids is 4. The summed E-state index contributed by atoms with van der Waals surface area (Å²) in [5.41, 5.74) is 0. The Balaban J connectivity index is 0. The molecule has 0 aliphatic heterocycles. The second kappa shape index (κ2) is 9.23. The molecule has 19 heavy (non-hydrogen) atoms. The van der Waals surface area contributed by atoms with E-state index in [4.69, 9.17) is 10.2 Å². The topological polar surface area (TPSA) is 155 Å². The van der Waals surface area contributed by atoms with Crippen molar-refractivity contribution < 1.29 is 142 Å². The Hall–Kier alpha value is 1.15. The van der Waals surface area contributed by atoms with Gasteiger partial charge in [-0.3, -0.25) is 9.59 Å². The fourth-order valence-electron chi connectivity index (χ4n) is 2.20. The minimum Gasteiger partial charge on any atom is -0.550 e. The van der Waals surface area contributed by atoms with Crippen LogP contribution in [0.25, 0.3) is 0 Å². The molecule has 10 heteroatoms. The summed E-state index contributed by atoms with van der Waals surface area (Å²) in [6.45, 7) is 0. The van der Waals surface area contributed by atoms with Crippen LogP contribution in [-0.4, -0.2) is 34.1 Å². The molecule has 0 saturated heterocycles. The summed E-state index contributed by atoms with van der Waals surface area (Å²) in [4.78, 5) is 43.0. The maximum Gasteiger partial charge on any atom is 1.00 e. The van der Waals surface area contributed by atoms with Gasteiger partial charge in [0.1, 0.15) is 0 Å². The zero-order valence-electron chi connectivity index (χ0n) is 10.4. The molecule has 1 fully saturated rings. The van der Waals surface area contributed by atoms with E-state index in [2.05, 4.69) is 0 Å². The van der Waals surface area contributed by atoms with Gasteiger partial charge in [-0.25, -0.2) is 0 Å². The minimum atomic E-state index is -1.89. The smallest absolute Gasteiger partial charge is 0.550 e. The first-order valence-corrected chi connectivity index (χ1v) is 4.64. The standard InChI is InChI=1S/C9H10O8.2K/c10-6(11)2-1-3(7(12)13)5(9(16)17)4(2)8(14)15;;/h2-5H,1H2,(H,10,11)(H,12,13)(H,14,15)(H,16,17);;/q;2*+1/p-2. The molecule has 0 aromatic heterocycles. The molecule has 8 nitrogen and oxygen atoms in total. The van der Waals surface area contributed by atoms with Crippen LogP contribution in [0.2, 0.25) is 0 Å². The molecule has 1 aliphatic rings. The largest absolute Gasteiger partial charge is 1.00 e. The van der Waals surface area contributed by atoms with Crippen LogP contribution >= 0.6 is 0 Å². The average molecular weight is 322 g/mol. The van der Waals surface area contributed by atoms with Gasteiger partial charge in [0.25, 0.3) is 0 Å². The Morgan fingerprint density at radius 3 is 1.53 bits per heavy atom. The van der Waals surface area contributed by atoms with Gasteiger partial charge in [-0.1, -0.05) is 0 Å². The predicted octanol–water partition coefficient (Wildman–Crippen LogP) is -9.47. The number of carbonyl (C=O) groups is 4. The van der Waals surface area contributed by atoms with Gasteiger partial charge >= 0.3 is 115 Å². The Morgan fingerprint density at radius 2 is 1.26 bits per heavy atom. The van der Waals surface area contributed by atoms with E-state index in [0.717, 1.165) is 0 Å². The average Bonchev–Trinajstić information content (AvgIpc) is 2.56. The van der Waals surface area contributed by atoms with Gasteiger partial charge in [-0.05, 0) is 6.42 Å². The molecular formula is C9H8K2O8. The Labute approximate surface area is 192 Å². The van der Waals surface area contributed by atoms with Crippen molar-refractivity contribution in [2.24, 2.45) is 23.7 Å². The molecule has 1 aliphatic carbocycles. The zero-order valence-corrected chi connectivity index (χ0v) is 16.6. The van der Waals surface area contributed by atoms with Crippen molar-refractivity contribution in [1.29, 1.82) is 0 Å². The maximum absolute atomic E-state index is 10.8. The molecule has 0 aromatic carbocycles. The van der Waals surface area contributed by atoms with Crippen LogP contribution < -0.4 is 113 Å². The van der Waals surface area contributed by atoms with Crippen LogP contribution in [0, 0.1) is 23.7 Å². The normalized spacial score (nSPS) is 28.6. The summed E-state index contributed by atoms with van der Waals surface area (Å²) in [6.07, 6.45) is -0.590. The molecule has 0 heterocycles. The number of carboxylic acids is 4. The van der Waals surface area contributed by atoms with Gasteiger partial charge in [0.2, 0.25) is 0 Å². The van der Waals surface area contributed by atoms with Gasteiger partial charge in [0.05, 0.1) is 11.8 Å². The second-order valence-electron chi connectivity index (χ2n) is 3.81. The molecule has 4 atom stereocenters. The van der Waals surface area contributed by atoms with Crippen molar-refractivity contribution in [2.45, 2.75) is 6.42 Å². The summed E-state index contributed by atoms with van der Waals surface area (Å²) in [7, 11) is 0. The van der Waals surface area contributed by atoms with Gasteiger partial charge in [-0.15, -0.1) is 0 Å². The van der Waals surface area contributed by atoms with E-state index >= 15 is 0 Å². The molecule has 2 N–H and O–H groups in total. The zero-order chi connectivity index (χ0) is 13.3. The van der Waals surface area contributed by atoms with Crippen molar-refractivity contribution in [1.82, 2.24) is 0 Å². The van der Waals surface area contributed by atoms with E-state index in [9.17, 15) is 29.4 Å². The summed E-state index contributed by atoms with van der Waals surface area (Å²) >= 11 is 0. The molecule has 0 aromatic rings. The Morgan fingerprint density at radius 1 is 0.789 bits per heavy atom. The Kier molecular flexibility index (Phi) is 10.9. The van der Waals surface area contributed by atoms with E-state index in [1.807, 2.05) is 0 Å². The first-order valence-electron chi connectivity index (χ1n) is 4.64.